The van der Waals surface area contributed by atoms with E-state index in [2.05, 4.69) is 0 Å². The second-order valence-electron chi connectivity index (χ2n) is 3.67. The van der Waals surface area contributed by atoms with Crippen LogP contribution in [0.1, 0.15) is 22.3 Å². The van der Waals surface area contributed by atoms with E-state index in [1.54, 1.807) is 0 Å². The van der Waals surface area contributed by atoms with Crippen molar-refractivity contribution >= 4 is 10.0 Å². The fourth-order valence-electron chi connectivity index (χ4n) is 1.39. The van der Waals surface area contributed by atoms with Crippen molar-refractivity contribution in [3.05, 3.63) is 34.4 Å². The van der Waals surface area contributed by atoms with Gasteiger partial charge >= 0.3 is 0 Å². The topological polar surface area (TPSA) is 60.2 Å². The molecule has 0 aliphatic carbocycles. The summed E-state index contributed by atoms with van der Waals surface area (Å²) in [6, 6.07) is 3.87. The molecule has 0 fully saturated rings. The Bertz CT molecular complexity index is 449. The number of hydrogen-bond donors (Lipinski definition) is 1. The zero-order valence-electron chi connectivity index (χ0n) is 8.66. The Balaban J connectivity index is 3.17. The van der Waals surface area contributed by atoms with Crippen molar-refractivity contribution in [3.8, 4) is 0 Å². The van der Waals surface area contributed by atoms with Crippen LogP contribution in [0.15, 0.2) is 12.1 Å². The molecule has 1 rings (SSSR count). The summed E-state index contributed by atoms with van der Waals surface area (Å²) in [6.07, 6.45) is 0. The summed E-state index contributed by atoms with van der Waals surface area (Å²) in [6.45, 7) is 5.86. The van der Waals surface area contributed by atoms with Crippen molar-refractivity contribution < 1.29 is 8.42 Å². The predicted molar refractivity (Wildman–Crippen MR) is 57.5 cm³/mol. The molecule has 1 aromatic rings. The summed E-state index contributed by atoms with van der Waals surface area (Å²) in [5.41, 5.74) is 4.02. The quantitative estimate of drug-likeness (QED) is 0.807. The Morgan fingerprint density at radius 2 is 1.57 bits per heavy atom. The van der Waals surface area contributed by atoms with E-state index in [1.165, 1.54) is 5.56 Å². The van der Waals surface area contributed by atoms with Crippen molar-refractivity contribution in [1.82, 2.24) is 0 Å². The monoisotopic (exact) mass is 213 g/mol. The van der Waals surface area contributed by atoms with E-state index in [4.69, 9.17) is 5.14 Å². The van der Waals surface area contributed by atoms with Crippen LogP contribution in [0.25, 0.3) is 0 Å². The molecule has 2 N–H and O–H groups in total. The minimum Gasteiger partial charge on any atom is -0.228 e. The van der Waals surface area contributed by atoms with Crippen LogP contribution in [0.4, 0.5) is 0 Å². The number of primary sulfonamides is 1. The van der Waals surface area contributed by atoms with Crippen LogP contribution < -0.4 is 5.14 Å². The Hall–Kier alpha value is -0.870. The van der Waals surface area contributed by atoms with Gasteiger partial charge < -0.3 is 0 Å². The van der Waals surface area contributed by atoms with Gasteiger partial charge in [0.15, 0.2) is 0 Å². The molecule has 0 aromatic heterocycles. The van der Waals surface area contributed by atoms with Gasteiger partial charge in [0.1, 0.15) is 0 Å². The molecule has 0 radical (unpaired) electrons. The Labute approximate surface area is 85.0 Å². The van der Waals surface area contributed by atoms with Crippen molar-refractivity contribution in [2.45, 2.75) is 26.5 Å². The van der Waals surface area contributed by atoms with Crippen molar-refractivity contribution in [2.24, 2.45) is 5.14 Å². The average Bonchev–Trinajstić information content (AvgIpc) is 1.97. The molecule has 1 aromatic carbocycles. The first-order valence-corrected chi connectivity index (χ1v) is 6.08. The van der Waals surface area contributed by atoms with Gasteiger partial charge in [-0.15, -0.1) is 0 Å². The lowest BCUT2D eigenvalue weighted by Gasteiger charge is -2.08. The SMILES string of the molecule is Cc1cc(C)c(CS(N)(=O)=O)cc1C. The third-order valence-electron chi connectivity index (χ3n) is 2.31. The zero-order chi connectivity index (χ0) is 10.9. The first-order valence-electron chi connectivity index (χ1n) is 4.37. The molecule has 0 saturated carbocycles. The fraction of sp³-hybridized carbons (Fsp3) is 0.400. The first kappa shape index (κ1) is 11.2. The van der Waals surface area contributed by atoms with E-state index >= 15 is 0 Å². The van der Waals surface area contributed by atoms with Crippen molar-refractivity contribution in [1.29, 1.82) is 0 Å². The minimum atomic E-state index is -3.43. The molecule has 14 heavy (non-hydrogen) atoms. The van der Waals surface area contributed by atoms with Gasteiger partial charge in [-0.25, -0.2) is 13.6 Å². The summed E-state index contributed by atoms with van der Waals surface area (Å²) >= 11 is 0. The number of sulfonamides is 1. The van der Waals surface area contributed by atoms with Gasteiger partial charge in [-0.1, -0.05) is 12.1 Å². The molecule has 78 valence electrons. The lowest BCUT2D eigenvalue weighted by atomic mass is 10.0. The van der Waals surface area contributed by atoms with E-state index in [9.17, 15) is 8.42 Å². The molecule has 0 bridgehead atoms. The largest absolute Gasteiger partial charge is 0.228 e. The molecule has 4 heteroatoms. The highest BCUT2D eigenvalue weighted by atomic mass is 32.2. The first-order chi connectivity index (χ1) is 6.29. The average molecular weight is 213 g/mol. The standard InChI is InChI=1S/C10H15NO2S/c1-7-4-9(3)10(5-8(7)2)6-14(11,12)13/h4-5H,6H2,1-3H3,(H2,11,12,13). The van der Waals surface area contributed by atoms with Gasteiger partial charge in [0.25, 0.3) is 0 Å². The molecule has 0 spiro atoms. The van der Waals surface area contributed by atoms with E-state index in [0.29, 0.717) is 0 Å². The van der Waals surface area contributed by atoms with E-state index in [0.717, 1.165) is 16.7 Å². The van der Waals surface area contributed by atoms with Crippen LogP contribution in [0.5, 0.6) is 0 Å². The smallest absolute Gasteiger partial charge is 0.213 e. The molecule has 0 aliphatic rings. The summed E-state index contributed by atoms with van der Waals surface area (Å²) in [4.78, 5) is 0. The lowest BCUT2D eigenvalue weighted by molar-refractivity contribution is 0.597. The van der Waals surface area contributed by atoms with Crippen molar-refractivity contribution in [2.75, 3.05) is 0 Å². The van der Waals surface area contributed by atoms with E-state index in [-0.39, 0.29) is 5.75 Å². The van der Waals surface area contributed by atoms with Crippen LogP contribution >= 0.6 is 0 Å². The maximum atomic E-state index is 10.9. The second kappa shape index (κ2) is 3.71. The molecule has 0 aliphatic heterocycles. The van der Waals surface area contributed by atoms with Gasteiger partial charge in [-0.05, 0) is 43.0 Å². The highest BCUT2D eigenvalue weighted by Gasteiger charge is 2.08. The van der Waals surface area contributed by atoms with Gasteiger partial charge in [-0.3, -0.25) is 0 Å². The number of aryl methyl sites for hydroxylation is 3. The Morgan fingerprint density at radius 3 is 2.07 bits per heavy atom. The number of hydrogen-bond acceptors (Lipinski definition) is 2. The number of benzene rings is 1. The van der Waals surface area contributed by atoms with Gasteiger partial charge in [0.05, 0.1) is 5.75 Å². The second-order valence-corrected chi connectivity index (χ2v) is 5.28. The summed E-state index contributed by atoms with van der Waals surface area (Å²) in [5.74, 6) is -0.0834. The normalized spacial score (nSPS) is 11.7. The summed E-state index contributed by atoms with van der Waals surface area (Å²) in [7, 11) is -3.43. The van der Waals surface area contributed by atoms with Crippen LogP contribution in [0.2, 0.25) is 0 Å². The third-order valence-corrected chi connectivity index (χ3v) is 3.02. The summed E-state index contributed by atoms with van der Waals surface area (Å²) < 4.78 is 21.9. The van der Waals surface area contributed by atoms with Gasteiger partial charge in [-0.2, -0.15) is 0 Å². The highest BCUT2D eigenvalue weighted by Crippen LogP contribution is 2.16. The predicted octanol–water partition coefficient (Wildman–Crippen LogP) is 1.40. The molecular formula is C10H15NO2S. The molecule has 0 unspecified atom stereocenters. The Kier molecular flexibility index (Phi) is 2.97. The molecule has 3 nitrogen and oxygen atoms in total. The molecular weight excluding hydrogens is 198 g/mol. The maximum absolute atomic E-state index is 10.9. The van der Waals surface area contributed by atoms with Crippen LogP contribution in [0.3, 0.4) is 0 Å². The highest BCUT2D eigenvalue weighted by molar-refractivity contribution is 7.88. The minimum absolute atomic E-state index is 0.0834. The van der Waals surface area contributed by atoms with Crippen molar-refractivity contribution in [3.63, 3.8) is 0 Å². The fourth-order valence-corrected chi connectivity index (χ4v) is 2.14. The molecule has 0 saturated heterocycles. The maximum Gasteiger partial charge on any atom is 0.213 e. The van der Waals surface area contributed by atoms with Crippen LogP contribution in [-0.2, 0) is 15.8 Å². The van der Waals surface area contributed by atoms with Gasteiger partial charge in [0, 0.05) is 0 Å². The van der Waals surface area contributed by atoms with Gasteiger partial charge in [0.2, 0.25) is 10.0 Å². The summed E-state index contributed by atoms with van der Waals surface area (Å²) in [5, 5.41) is 5.00. The number of rotatable bonds is 2. The Morgan fingerprint density at radius 1 is 1.07 bits per heavy atom. The molecule has 0 atom stereocenters. The van der Waals surface area contributed by atoms with E-state index < -0.39 is 10.0 Å². The molecule has 0 heterocycles. The third kappa shape index (κ3) is 2.82. The lowest BCUT2D eigenvalue weighted by Crippen LogP contribution is -2.15. The van der Waals surface area contributed by atoms with E-state index in [1.807, 2.05) is 32.9 Å². The van der Waals surface area contributed by atoms with Crippen LogP contribution in [0, 0.1) is 20.8 Å². The van der Waals surface area contributed by atoms with Crippen LogP contribution in [-0.4, -0.2) is 8.42 Å². The number of nitrogens with two attached hydrogens (primary N) is 1. The zero-order valence-corrected chi connectivity index (χ0v) is 9.48. The molecule has 0 amide bonds.